The van der Waals surface area contributed by atoms with Gasteiger partial charge in [0.1, 0.15) is 0 Å². The van der Waals surface area contributed by atoms with Gasteiger partial charge in [-0.1, -0.05) is 0 Å². The van der Waals surface area contributed by atoms with E-state index in [1.54, 1.807) is 0 Å². The van der Waals surface area contributed by atoms with Crippen molar-refractivity contribution in [3.05, 3.63) is 10.0 Å². The number of halogens is 2. The molecule has 1 aromatic rings. The van der Waals surface area contributed by atoms with Crippen LogP contribution < -0.4 is 30.3 Å². The Hall–Kier alpha value is -0.190. The van der Waals surface area contributed by atoms with Gasteiger partial charge in [-0.15, -0.1) is 0 Å². The van der Waals surface area contributed by atoms with Crippen LogP contribution in [0, 0.1) is 3.70 Å². The van der Waals surface area contributed by atoms with E-state index in [0.717, 1.165) is 9.39 Å². The van der Waals surface area contributed by atoms with E-state index in [0.29, 0.717) is 5.82 Å². The number of hydrogen-bond acceptors (Lipinski definition) is 4. The third-order valence-corrected chi connectivity index (χ3v) is 3.63. The molecule has 2 heterocycles. The molecule has 64 valence electrons. The average Bonchev–Trinajstić information content (AvgIpc) is 2.04. The summed E-state index contributed by atoms with van der Waals surface area (Å²) in [6.45, 7) is 0. The molecule has 0 aliphatic carbocycles. The van der Waals surface area contributed by atoms with E-state index in [-0.39, 0.29) is 3.91 Å². The Morgan fingerprint density at radius 2 is 2.33 bits per heavy atom. The van der Waals surface area contributed by atoms with Crippen molar-refractivity contribution in [2.75, 3.05) is 8.85 Å². The summed E-state index contributed by atoms with van der Waals surface area (Å²) in [6, 6.07) is 0. The first-order chi connectivity index (χ1) is 5.77. The SMILES string of the molecule is O=C1Nc2ncnc(I)c2N[I-]1. The van der Waals surface area contributed by atoms with Crippen LogP contribution >= 0.6 is 22.6 Å². The van der Waals surface area contributed by atoms with Crippen molar-refractivity contribution in [2.24, 2.45) is 0 Å². The first-order valence-corrected chi connectivity index (χ1v) is 6.22. The van der Waals surface area contributed by atoms with Crippen molar-refractivity contribution in [3.8, 4) is 0 Å². The molecular weight excluding hydrogens is 386 g/mol. The molecule has 1 aliphatic rings. The fraction of sp³-hybridized carbons (Fsp3) is 0. The Morgan fingerprint density at radius 3 is 3.17 bits per heavy atom. The number of nitrogens with one attached hydrogen (secondary N) is 2. The zero-order valence-electron chi connectivity index (χ0n) is 5.64. The number of anilines is 2. The summed E-state index contributed by atoms with van der Waals surface area (Å²) in [5, 5.41) is 2.69. The van der Waals surface area contributed by atoms with E-state index in [1.807, 2.05) is 0 Å². The summed E-state index contributed by atoms with van der Waals surface area (Å²) in [6.07, 6.45) is 1.44. The molecule has 5 nitrogen and oxygen atoms in total. The van der Waals surface area contributed by atoms with E-state index in [2.05, 4.69) is 41.4 Å². The number of fused-ring (bicyclic) bond motifs is 1. The zero-order chi connectivity index (χ0) is 8.55. The van der Waals surface area contributed by atoms with Gasteiger partial charge in [-0.25, -0.2) is 0 Å². The number of hydrogen-bond donors (Lipinski definition) is 2. The van der Waals surface area contributed by atoms with Gasteiger partial charge >= 0.3 is 93.1 Å². The number of amides is 1. The molecule has 1 amide bonds. The van der Waals surface area contributed by atoms with Gasteiger partial charge in [-0.2, -0.15) is 0 Å². The molecular formula is C5H3I2N4O-. The van der Waals surface area contributed by atoms with Crippen molar-refractivity contribution in [1.29, 1.82) is 0 Å². The van der Waals surface area contributed by atoms with Gasteiger partial charge in [0.15, 0.2) is 0 Å². The Labute approximate surface area is 92.5 Å². The molecule has 0 unspecified atom stereocenters. The molecule has 0 saturated carbocycles. The zero-order valence-corrected chi connectivity index (χ0v) is 9.95. The summed E-state index contributed by atoms with van der Waals surface area (Å²) in [5.74, 6) is 0.588. The summed E-state index contributed by atoms with van der Waals surface area (Å²) >= 11 is 1.46. The van der Waals surface area contributed by atoms with Crippen molar-refractivity contribution >= 4 is 38.0 Å². The summed E-state index contributed by atoms with van der Waals surface area (Å²) in [5.41, 5.74) is 0.852. The van der Waals surface area contributed by atoms with Crippen LogP contribution in [0.4, 0.5) is 16.3 Å². The second kappa shape index (κ2) is 3.28. The minimum atomic E-state index is -0.639. The fourth-order valence-corrected chi connectivity index (χ4v) is 3.20. The number of nitrogens with zero attached hydrogens (tertiary/aromatic N) is 2. The van der Waals surface area contributed by atoms with Crippen molar-refractivity contribution < 1.29 is 26.3 Å². The summed E-state index contributed by atoms with van der Waals surface area (Å²) < 4.78 is 3.93. The molecule has 1 aliphatic heterocycles. The molecule has 0 aromatic carbocycles. The normalized spacial score (nSPS) is 15.2. The second-order valence-corrected chi connectivity index (χ2v) is 5.06. The molecule has 0 fully saturated rings. The van der Waals surface area contributed by atoms with E-state index in [9.17, 15) is 4.79 Å². The predicted molar refractivity (Wildman–Crippen MR) is 47.4 cm³/mol. The van der Waals surface area contributed by atoms with Gasteiger partial charge in [-0.05, 0) is 0 Å². The predicted octanol–water partition coefficient (Wildman–Crippen LogP) is -1.96. The molecule has 0 atom stereocenters. The molecule has 0 bridgehead atoms. The number of aromatic nitrogens is 2. The molecule has 2 rings (SSSR count). The number of carbonyl (C=O) groups excluding carboxylic acids is 1. The quantitative estimate of drug-likeness (QED) is 0.178. The Balaban J connectivity index is 2.48. The van der Waals surface area contributed by atoms with Crippen molar-refractivity contribution in [3.63, 3.8) is 0 Å². The van der Waals surface area contributed by atoms with Crippen LogP contribution in [0.3, 0.4) is 0 Å². The summed E-state index contributed by atoms with van der Waals surface area (Å²) in [4.78, 5) is 18.9. The molecule has 0 spiro atoms. The van der Waals surface area contributed by atoms with Crippen LogP contribution in [-0.2, 0) is 0 Å². The molecule has 0 radical (unpaired) electrons. The van der Waals surface area contributed by atoms with E-state index in [4.69, 9.17) is 0 Å². The first-order valence-electron chi connectivity index (χ1n) is 2.98. The van der Waals surface area contributed by atoms with Gasteiger partial charge in [0, 0.05) is 0 Å². The molecule has 0 saturated heterocycles. The molecule has 1 aromatic heterocycles. The molecule has 12 heavy (non-hydrogen) atoms. The number of rotatable bonds is 0. The Morgan fingerprint density at radius 1 is 1.50 bits per heavy atom. The maximum atomic E-state index is 10.9. The Bertz CT molecular complexity index is 342. The molecule has 7 heteroatoms. The van der Waals surface area contributed by atoms with Crippen LogP contribution in [-0.4, -0.2) is 13.9 Å². The van der Waals surface area contributed by atoms with Crippen LogP contribution in [0.2, 0.25) is 0 Å². The van der Waals surface area contributed by atoms with Gasteiger partial charge in [0.05, 0.1) is 0 Å². The van der Waals surface area contributed by atoms with Gasteiger partial charge < -0.3 is 0 Å². The van der Waals surface area contributed by atoms with Gasteiger partial charge in [-0.3, -0.25) is 0 Å². The van der Waals surface area contributed by atoms with Crippen LogP contribution in [0.1, 0.15) is 0 Å². The van der Waals surface area contributed by atoms with Gasteiger partial charge in [0.25, 0.3) is 0 Å². The maximum absolute atomic E-state index is 10.9. The third kappa shape index (κ3) is 1.46. The van der Waals surface area contributed by atoms with Crippen LogP contribution in [0.25, 0.3) is 0 Å². The Kier molecular flexibility index (Phi) is 2.30. The van der Waals surface area contributed by atoms with E-state index >= 15 is 0 Å². The number of carbonyl (C=O) groups is 1. The molecule has 2 N–H and O–H groups in total. The van der Waals surface area contributed by atoms with E-state index < -0.39 is 21.5 Å². The fourth-order valence-electron chi connectivity index (χ4n) is 0.749. The van der Waals surface area contributed by atoms with E-state index in [1.165, 1.54) is 6.33 Å². The topological polar surface area (TPSA) is 66.9 Å². The van der Waals surface area contributed by atoms with Crippen LogP contribution in [0.5, 0.6) is 0 Å². The standard InChI is InChI=1S/C5H3I2N4O/c6-3-2-4(9-1-8-3)10-5(12)7-11-2/h1,11H,(H,8,9,10,12)/q-1. The summed E-state index contributed by atoms with van der Waals surface area (Å²) in [7, 11) is 0. The minimum absolute atomic E-state index is 0.0378. The third-order valence-electron chi connectivity index (χ3n) is 1.25. The van der Waals surface area contributed by atoms with Crippen molar-refractivity contribution in [2.45, 2.75) is 0 Å². The monoisotopic (exact) mass is 389 g/mol. The van der Waals surface area contributed by atoms with Crippen molar-refractivity contribution in [1.82, 2.24) is 9.97 Å². The van der Waals surface area contributed by atoms with Crippen LogP contribution in [0.15, 0.2) is 6.33 Å². The first kappa shape index (κ1) is 8.41. The van der Waals surface area contributed by atoms with Gasteiger partial charge in [0.2, 0.25) is 0 Å². The average molecular weight is 389 g/mol. The second-order valence-electron chi connectivity index (χ2n) is 1.98.